The van der Waals surface area contributed by atoms with E-state index in [1.807, 2.05) is 42.2 Å². The first-order valence-electron chi connectivity index (χ1n) is 10.3. The van der Waals surface area contributed by atoms with E-state index in [0.717, 1.165) is 34.8 Å². The van der Waals surface area contributed by atoms with Crippen LogP contribution in [0.2, 0.25) is 0 Å². The number of nitrogens with zero attached hydrogens (tertiary/aromatic N) is 2. The van der Waals surface area contributed by atoms with E-state index >= 15 is 0 Å². The summed E-state index contributed by atoms with van der Waals surface area (Å²) in [5, 5.41) is 4.14. The van der Waals surface area contributed by atoms with Crippen LogP contribution in [0.4, 0.5) is 0 Å². The first kappa shape index (κ1) is 21.5. The Hall–Kier alpha value is -2.21. The number of carbonyl (C=O) groups excluding carboxylic acids is 2. The summed E-state index contributed by atoms with van der Waals surface area (Å²) in [7, 11) is 0. The maximum Gasteiger partial charge on any atom is 0.265 e. The molecule has 0 bridgehead atoms. The summed E-state index contributed by atoms with van der Waals surface area (Å²) in [4.78, 5) is 32.5. The van der Waals surface area contributed by atoms with Crippen LogP contribution in [0.3, 0.4) is 0 Å². The highest BCUT2D eigenvalue weighted by molar-refractivity contribution is 7.14. The number of amides is 2. The van der Waals surface area contributed by atoms with E-state index in [4.69, 9.17) is 0 Å². The van der Waals surface area contributed by atoms with Crippen LogP contribution in [0.15, 0.2) is 30.3 Å². The van der Waals surface area contributed by atoms with Gasteiger partial charge in [-0.25, -0.2) is 4.98 Å². The van der Waals surface area contributed by atoms with Crippen LogP contribution in [0.1, 0.15) is 66.0 Å². The standard InChI is InChI=1S/C23H31N3O2S/c1-16-20(29-22(24-16)23(2,3)4)21(28)26-14-12-18(13-15-26)25-19(27)11-10-17-8-6-5-7-9-17/h5-9,18H,10-15H2,1-4H3,(H,25,27). The van der Waals surface area contributed by atoms with Crippen LogP contribution >= 0.6 is 11.3 Å². The maximum atomic E-state index is 13.0. The molecular formula is C23H31N3O2S. The Bertz CT molecular complexity index is 847. The van der Waals surface area contributed by atoms with Crippen molar-refractivity contribution in [2.75, 3.05) is 13.1 Å². The normalized spacial score (nSPS) is 15.4. The molecule has 1 fully saturated rings. The number of likely N-dealkylation sites (tertiary alicyclic amines) is 1. The highest BCUT2D eigenvalue weighted by Gasteiger charge is 2.29. The Morgan fingerprint density at radius 2 is 1.83 bits per heavy atom. The van der Waals surface area contributed by atoms with Gasteiger partial charge in [0, 0.05) is 31.0 Å². The molecule has 6 heteroatoms. The number of thiazole rings is 1. The van der Waals surface area contributed by atoms with Crippen molar-refractivity contribution in [3.8, 4) is 0 Å². The van der Waals surface area contributed by atoms with E-state index < -0.39 is 0 Å². The minimum atomic E-state index is -0.0506. The number of hydrogen-bond acceptors (Lipinski definition) is 4. The molecule has 2 heterocycles. The highest BCUT2D eigenvalue weighted by atomic mass is 32.1. The van der Waals surface area contributed by atoms with Crippen LogP contribution in [-0.4, -0.2) is 40.8 Å². The first-order chi connectivity index (χ1) is 13.7. The molecule has 1 aromatic heterocycles. The fourth-order valence-electron chi connectivity index (χ4n) is 3.49. The molecule has 1 N–H and O–H groups in total. The van der Waals surface area contributed by atoms with E-state index in [2.05, 4.69) is 31.1 Å². The third kappa shape index (κ3) is 5.66. The minimum absolute atomic E-state index is 0.0506. The summed E-state index contributed by atoms with van der Waals surface area (Å²) < 4.78 is 0. The van der Waals surface area contributed by atoms with Gasteiger partial charge in [-0.05, 0) is 31.7 Å². The number of rotatable bonds is 5. The van der Waals surface area contributed by atoms with E-state index in [0.29, 0.717) is 19.5 Å². The summed E-state index contributed by atoms with van der Waals surface area (Å²) >= 11 is 1.51. The molecule has 2 aromatic rings. The summed E-state index contributed by atoms with van der Waals surface area (Å²) in [6, 6.07) is 10.2. The maximum absolute atomic E-state index is 13.0. The van der Waals surface area contributed by atoms with Gasteiger partial charge in [0.25, 0.3) is 5.91 Å². The average molecular weight is 414 g/mol. The second-order valence-corrected chi connectivity index (χ2v) is 9.80. The molecule has 0 radical (unpaired) electrons. The summed E-state index contributed by atoms with van der Waals surface area (Å²) in [6.45, 7) is 9.61. The van der Waals surface area contributed by atoms with Crippen molar-refractivity contribution in [1.82, 2.24) is 15.2 Å². The third-order valence-electron chi connectivity index (χ3n) is 5.26. The van der Waals surface area contributed by atoms with Crippen LogP contribution in [0, 0.1) is 6.92 Å². The molecule has 0 aliphatic carbocycles. The van der Waals surface area contributed by atoms with Gasteiger partial charge >= 0.3 is 0 Å². The van der Waals surface area contributed by atoms with Crippen molar-refractivity contribution >= 4 is 23.2 Å². The van der Waals surface area contributed by atoms with E-state index in [1.54, 1.807) is 0 Å². The highest BCUT2D eigenvalue weighted by Crippen LogP contribution is 2.30. The molecular weight excluding hydrogens is 382 g/mol. The summed E-state index contributed by atoms with van der Waals surface area (Å²) in [6.07, 6.45) is 2.85. The lowest BCUT2D eigenvalue weighted by Gasteiger charge is -2.32. The molecule has 156 valence electrons. The van der Waals surface area contributed by atoms with E-state index in [-0.39, 0.29) is 23.3 Å². The summed E-state index contributed by atoms with van der Waals surface area (Å²) in [5.74, 6) is 0.163. The number of nitrogens with one attached hydrogen (secondary N) is 1. The number of benzene rings is 1. The number of piperidine rings is 1. The van der Waals surface area contributed by atoms with Crippen molar-refractivity contribution in [3.63, 3.8) is 0 Å². The molecule has 5 nitrogen and oxygen atoms in total. The number of aryl methyl sites for hydroxylation is 2. The van der Waals surface area contributed by atoms with E-state index in [9.17, 15) is 9.59 Å². The van der Waals surface area contributed by atoms with Gasteiger partial charge < -0.3 is 10.2 Å². The zero-order valence-electron chi connectivity index (χ0n) is 17.8. The lowest BCUT2D eigenvalue weighted by Crippen LogP contribution is -2.46. The Kier molecular flexibility index (Phi) is 6.73. The van der Waals surface area contributed by atoms with Gasteiger partial charge in [-0.15, -0.1) is 11.3 Å². The predicted octanol–water partition coefficient (Wildman–Crippen LogP) is 4.10. The van der Waals surface area contributed by atoms with E-state index in [1.165, 1.54) is 16.9 Å². The van der Waals surface area contributed by atoms with Crippen molar-refractivity contribution < 1.29 is 9.59 Å². The van der Waals surface area contributed by atoms with Gasteiger partial charge in [0.05, 0.1) is 10.7 Å². The Labute approximate surface area is 177 Å². The molecule has 0 unspecified atom stereocenters. The minimum Gasteiger partial charge on any atom is -0.353 e. The number of carbonyl (C=O) groups is 2. The SMILES string of the molecule is Cc1nc(C(C)(C)C)sc1C(=O)N1CCC(NC(=O)CCc2ccccc2)CC1. The van der Waals surface area contributed by atoms with Gasteiger partial charge in [-0.3, -0.25) is 9.59 Å². The Morgan fingerprint density at radius 3 is 2.41 bits per heavy atom. The molecule has 29 heavy (non-hydrogen) atoms. The predicted molar refractivity (Wildman–Crippen MR) is 117 cm³/mol. The Balaban J connectivity index is 1.48. The second-order valence-electron chi connectivity index (χ2n) is 8.80. The van der Waals surface area contributed by atoms with Crippen molar-refractivity contribution in [1.29, 1.82) is 0 Å². The van der Waals surface area contributed by atoms with Crippen LogP contribution < -0.4 is 5.32 Å². The van der Waals surface area contributed by atoms with Gasteiger partial charge in [-0.1, -0.05) is 51.1 Å². The topological polar surface area (TPSA) is 62.3 Å². The van der Waals surface area contributed by atoms with Gasteiger partial charge in [0.1, 0.15) is 4.88 Å². The molecule has 0 saturated carbocycles. The monoisotopic (exact) mass is 413 g/mol. The molecule has 2 amide bonds. The lowest BCUT2D eigenvalue weighted by molar-refractivity contribution is -0.122. The molecule has 0 spiro atoms. The zero-order chi connectivity index (χ0) is 21.0. The van der Waals surface area contributed by atoms with Gasteiger partial charge in [0.2, 0.25) is 5.91 Å². The van der Waals surface area contributed by atoms with Crippen LogP contribution in [-0.2, 0) is 16.6 Å². The summed E-state index contributed by atoms with van der Waals surface area (Å²) in [5.41, 5.74) is 1.95. The average Bonchev–Trinajstić information content (AvgIpc) is 3.09. The largest absolute Gasteiger partial charge is 0.353 e. The molecule has 1 aliphatic heterocycles. The van der Waals surface area contributed by atoms with Crippen molar-refractivity contribution in [2.24, 2.45) is 0 Å². The zero-order valence-corrected chi connectivity index (χ0v) is 18.6. The second kappa shape index (κ2) is 9.08. The fraction of sp³-hybridized carbons (Fsp3) is 0.522. The van der Waals surface area contributed by atoms with Crippen molar-refractivity contribution in [2.45, 2.75) is 64.8 Å². The van der Waals surface area contributed by atoms with Crippen LogP contribution in [0.5, 0.6) is 0 Å². The van der Waals surface area contributed by atoms with Gasteiger partial charge in [0.15, 0.2) is 0 Å². The van der Waals surface area contributed by atoms with Crippen molar-refractivity contribution in [3.05, 3.63) is 51.5 Å². The molecule has 0 atom stereocenters. The molecule has 1 aromatic carbocycles. The molecule has 3 rings (SSSR count). The quantitative estimate of drug-likeness (QED) is 0.803. The first-order valence-corrected chi connectivity index (χ1v) is 11.2. The third-order valence-corrected chi connectivity index (χ3v) is 6.83. The van der Waals surface area contributed by atoms with Crippen LogP contribution in [0.25, 0.3) is 0 Å². The fourth-order valence-corrected chi connectivity index (χ4v) is 4.58. The molecule has 1 aliphatic rings. The lowest BCUT2D eigenvalue weighted by atomic mass is 9.98. The molecule has 1 saturated heterocycles. The number of aromatic nitrogens is 1. The smallest absolute Gasteiger partial charge is 0.265 e. The number of hydrogen-bond donors (Lipinski definition) is 1. The van der Waals surface area contributed by atoms with Gasteiger partial charge in [-0.2, -0.15) is 0 Å². The Morgan fingerprint density at radius 1 is 1.17 bits per heavy atom.